The van der Waals surface area contributed by atoms with Gasteiger partial charge in [-0.3, -0.25) is 4.98 Å². The second kappa shape index (κ2) is 6.80. The zero-order valence-corrected chi connectivity index (χ0v) is 12.5. The summed E-state index contributed by atoms with van der Waals surface area (Å²) in [7, 11) is 0. The Morgan fingerprint density at radius 3 is 2.76 bits per heavy atom. The van der Waals surface area contributed by atoms with Gasteiger partial charge in [-0.25, -0.2) is 0 Å². The maximum atomic E-state index is 5.43. The van der Waals surface area contributed by atoms with E-state index in [-0.39, 0.29) is 6.04 Å². The van der Waals surface area contributed by atoms with Crippen molar-refractivity contribution in [3.8, 4) is 0 Å². The number of nitrogens with zero attached hydrogens (tertiary/aromatic N) is 3. The molecule has 2 aromatic heterocycles. The highest BCUT2D eigenvalue weighted by Gasteiger charge is 2.21. The van der Waals surface area contributed by atoms with E-state index in [1.54, 1.807) is 0 Å². The van der Waals surface area contributed by atoms with E-state index >= 15 is 0 Å². The fourth-order valence-electron chi connectivity index (χ4n) is 2.87. The van der Waals surface area contributed by atoms with Crippen LogP contribution >= 0.6 is 0 Å². The lowest BCUT2D eigenvalue weighted by Gasteiger charge is -2.17. The topological polar surface area (TPSA) is 63.8 Å². The van der Waals surface area contributed by atoms with Crippen LogP contribution in [0.1, 0.15) is 68.3 Å². The molecule has 0 unspecified atom stereocenters. The van der Waals surface area contributed by atoms with Crippen molar-refractivity contribution in [1.29, 1.82) is 0 Å². The van der Waals surface area contributed by atoms with Crippen molar-refractivity contribution in [2.75, 3.05) is 0 Å². The average Bonchev–Trinajstić information content (AvgIpc) is 3.03. The number of hydrogen-bond acceptors (Lipinski definition) is 5. The molecular weight excluding hydrogens is 264 g/mol. The van der Waals surface area contributed by atoms with Gasteiger partial charge < -0.3 is 9.84 Å². The minimum absolute atomic E-state index is 0.240. The number of hydrogen-bond donors (Lipinski definition) is 1. The molecule has 1 fully saturated rings. The monoisotopic (exact) mass is 286 g/mol. The van der Waals surface area contributed by atoms with Crippen molar-refractivity contribution in [1.82, 2.24) is 20.4 Å². The van der Waals surface area contributed by atoms with Crippen molar-refractivity contribution in [3.63, 3.8) is 0 Å². The van der Waals surface area contributed by atoms with E-state index in [1.807, 2.05) is 24.5 Å². The Balaban J connectivity index is 1.55. The van der Waals surface area contributed by atoms with Gasteiger partial charge in [0.1, 0.15) is 0 Å². The lowest BCUT2D eigenvalue weighted by molar-refractivity contribution is 0.311. The summed E-state index contributed by atoms with van der Waals surface area (Å²) in [6, 6.07) is 4.27. The van der Waals surface area contributed by atoms with E-state index in [2.05, 4.69) is 27.4 Å². The average molecular weight is 286 g/mol. The minimum Gasteiger partial charge on any atom is -0.339 e. The van der Waals surface area contributed by atoms with E-state index < -0.39 is 0 Å². The van der Waals surface area contributed by atoms with Crippen LogP contribution in [0, 0.1) is 0 Å². The van der Waals surface area contributed by atoms with E-state index in [4.69, 9.17) is 4.52 Å². The van der Waals surface area contributed by atoms with Crippen molar-refractivity contribution in [2.24, 2.45) is 0 Å². The van der Waals surface area contributed by atoms with Crippen LogP contribution in [0.15, 0.2) is 29.0 Å². The Morgan fingerprint density at radius 1 is 1.24 bits per heavy atom. The normalized spacial score (nSPS) is 17.8. The Bertz CT molecular complexity index is 548. The summed E-state index contributed by atoms with van der Waals surface area (Å²) < 4.78 is 5.43. The first-order valence-corrected chi connectivity index (χ1v) is 7.78. The molecule has 2 aromatic rings. The standard InChI is InChI=1S/C16H22N4O/c1-12(13-7-9-17-10-8-13)18-11-15-19-16(21-20-15)14-5-3-2-4-6-14/h7-10,12,14,18H,2-6,11H2,1H3/t12-/m0/s1. The molecule has 0 aromatic carbocycles. The molecule has 112 valence electrons. The first-order valence-electron chi connectivity index (χ1n) is 7.78. The summed E-state index contributed by atoms with van der Waals surface area (Å²) in [5, 5.41) is 7.51. The van der Waals surface area contributed by atoms with Crippen LogP contribution in [0.2, 0.25) is 0 Å². The zero-order chi connectivity index (χ0) is 14.5. The molecule has 5 nitrogen and oxygen atoms in total. The van der Waals surface area contributed by atoms with E-state index in [9.17, 15) is 0 Å². The van der Waals surface area contributed by atoms with Crippen LogP contribution in [0.3, 0.4) is 0 Å². The molecule has 0 radical (unpaired) electrons. The Morgan fingerprint density at radius 2 is 2.00 bits per heavy atom. The third-order valence-electron chi connectivity index (χ3n) is 4.21. The molecule has 5 heteroatoms. The van der Waals surface area contributed by atoms with Crippen molar-refractivity contribution in [3.05, 3.63) is 41.8 Å². The number of rotatable bonds is 5. The van der Waals surface area contributed by atoms with Crippen LogP contribution in [0.25, 0.3) is 0 Å². The van der Waals surface area contributed by atoms with Gasteiger partial charge in [-0.15, -0.1) is 0 Å². The van der Waals surface area contributed by atoms with E-state index in [0.29, 0.717) is 12.5 Å². The molecule has 1 N–H and O–H groups in total. The van der Waals surface area contributed by atoms with Gasteiger partial charge in [0, 0.05) is 24.4 Å². The summed E-state index contributed by atoms with van der Waals surface area (Å²) in [6.07, 6.45) is 9.87. The molecule has 0 aliphatic heterocycles. The molecule has 1 aliphatic rings. The number of nitrogens with one attached hydrogen (secondary N) is 1. The fraction of sp³-hybridized carbons (Fsp3) is 0.562. The molecule has 0 bridgehead atoms. The second-order valence-corrected chi connectivity index (χ2v) is 5.77. The van der Waals surface area contributed by atoms with Gasteiger partial charge in [0.2, 0.25) is 5.89 Å². The van der Waals surface area contributed by atoms with Gasteiger partial charge in [0.05, 0.1) is 6.54 Å². The quantitative estimate of drug-likeness (QED) is 0.913. The van der Waals surface area contributed by atoms with Crippen LogP contribution in [-0.4, -0.2) is 15.1 Å². The van der Waals surface area contributed by atoms with Gasteiger partial charge in [0.25, 0.3) is 0 Å². The maximum Gasteiger partial charge on any atom is 0.229 e. The molecule has 1 aliphatic carbocycles. The summed E-state index contributed by atoms with van der Waals surface area (Å²) in [5.41, 5.74) is 1.21. The largest absolute Gasteiger partial charge is 0.339 e. The van der Waals surface area contributed by atoms with Crippen LogP contribution in [0.4, 0.5) is 0 Å². The van der Waals surface area contributed by atoms with Crippen LogP contribution in [0.5, 0.6) is 0 Å². The predicted octanol–water partition coefficient (Wildman–Crippen LogP) is 3.36. The van der Waals surface area contributed by atoms with Gasteiger partial charge >= 0.3 is 0 Å². The molecule has 0 spiro atoms. The highest BCUT2D eigenvalue weighted by atomic mass is 16.5. The molecular formula is C16H22N4O. The van der Waals surface area contributed by atoms with Crippen molar-refractivity contribution >= 4 is 0 Å². The molecule has 1 atom stereocenters. The fourth-order valence-corrected chi connectivity index (χ4v) is 2.87. The lowest BCUT2D eigenvalue weighted by atomic mass is 9.89. The predicted molar refractivity (Wildman–Crippen MR) is 79.6 cm³/mol. The molecule has 0 saturated heterocycles. The third kappa shape index (κ3) is 3.67. The third-order valence-corrected chi connectivity index (χ3v) is 4.21. The summed E-state index contributed by atoms with van der Waals surface area (Å²) in [5.74, 6) is 2.04. The Kier molecular flexibility index (Phi) is 4.60. The SMILES string of the molecule is C[C@H](NCc1noc(C2CCCCC2)n1)c1ccncc1. The van der Waals surface area contributed by atoms with Gasteiger partial charge in [-0.05, 0) is 37.5 Å². The summed E-state index contributed by atoms with van der Waals surface area (Å²) in [6.45, 7) is 2.75. The summed E-state index contributed by atoms with van der Waals surface area (Å²) in [4.78, 5) is 8.58. The first kappa shape index (κ1) is 14.2. The molecule has 0 amide bonds. The highest BCUT2D eigenvalue weighted by Crippen LogP contribution is 2.31. The maximum absolute atomic E-state index is 5.43. The highest BCUT2D eigenvalue weighted by molar-refractivity contribution is 5.14. The van der Waals surface area contributed by atoms with Crippen molar-refractivity contribution in [2.45, 2.75) is 57.5 Å². The lowest BCUT2D eigenvalue weighted by Crippen LogP contribution is -2.19. The molecule has 21 heavy (non-hydrogen) atoms. The summed E-state index contributed by atoms with van der Waals surface area (Å²) >= 11 is 0. The smallest absolute Gasteiger partial charge is 0.229 e. The molecule has 2 heterocycles. The first-order chi connectivity index (χ1) is 10.3. The minimum atomic E-state index is 0.240. The zero-order valence-electron chi connectivity index (χ0n) is 12.5. The van der Waals surface area contributed by atoms with Gasteiger partial charge in [-0.2, -0.15) is 4.98 Å². The second-order valence-electron chi connectivity index (χ2n) is 5.77. The van der Waals surface area contributed by atoms with E-state index in [0.717, 1.165) is 11.7 Å². The number of aromatic nitrogens is 3. The Hall–Kier alpha value is -1.75. The Labute approximate surface area is 125 Å². The van der Waals surface area contributed by atoms with Crippen LogP contribution < -0.4 is 5.32 Å². The van der Waals surface area contributed by atoms with Crippen molar-refractivity contribution < 1.29 is 4.52 Å². The van der Waals surface area contributed by atoms with E-state index in [1.165, 1.54) is 37.7 Å². The van der Waals surface area contributed by atoms with Gasteiger partial charge in [-0.1, -0.05) is 24.4 Å². The number of pyridine rings is 1. The van der Waals surface area contributed by atoms with Gasteiger partial charge in [0.15, 0.2) is 5.82 Å². The molecule has 1 saturated carbocycles. The van der Waals surface area contributed by atoms with Crippen LogP contribution in [-0.2, 0) is 6.54 Å². The molecule has 3 rings (SSSR count).